The van der Waals surface area contributed by atoms with E-state index in [0.29, 0.717) is 5.82 Å². The molecule has 0 fully saturated rings. The van der Waals surface area contributed by atoms with Crippen LogP contribution in [0.3, 0.4) is 0 Å². The molecule has 22 heavy (non-hydrogen) atoms. The first-order chi connectivity index (χ1) is 10.5. The Morgan fingerprint density at radius 1 is 1.05 bits per heavy atom. The third kappa shape index (κ3) is 2.63. The molecular formula is C18H16N2O2. The number of imidazole rings is 1. The van der Waals surface area contributed by atoms with Gasteiger partial charge in [-0.25, -0.2) is 9.78 Å². The number of carboxylic acids is 1. The number of rotatable bonds is 3. The Kier molecular flexibility index (Phi) is 3.51. The summed E-state index contributed by atoms with van der Waals surface area (Å²) in [4.78, 5) is 15.6. The predicted molar refractivity (Wildman–Crippen MR) is 85.4 cm³/mol. The maximum atomic E-state index is 11.3. The Bertz CT molecular complexity index is 833. The van der Waals surface area contributed by atoms with Gasteiger partial charge in [-0.1, -0.05) is 41.5 Å². The number of aromatic carboxylic acids is 1. The molecule has 2 aromatic carbocycles. The Hall–Kier alpha value is -2.88. The molecule has 1 heterocycles. The zero-order valence-corrected chi connectivity index (χ0v) is 12.4. The lowest BCUT2D eigenvalue weighted by Gasteiger charge is -2.08. The number of carbonyl (C=O) groups is 1. The van der Waals surface area contributed by atoms with Crippen molar-refractivity contribution in [3.8, 4) is 17.1 Å². The standard InChI is InChI=1S/C18H16N2O2/c1-12-6-8-15(9-7-12)20-11-16(18(21)22)19-17(20)14-5-3-4-13(2)10-14/h3-11H,1-2H3,(H,21,22). The number of aromatic nitrogens is 2. The second kappa shape index (κ2) is 5.48. The van der Waals surface area contributed by atoms with Crippen LogP contribution in [-0.4, -0.2) is 20.6 Å². The van der Waals surface area contributed by atoms with Gasteiger partial charge in [-0.05, 0) is 32.0 Å². The fraction of sp³-hybridized carbons (Fsp3) is 0.111. The molecule has 0 bridgehead atoms. The zero-order valence-electron chi connectivity index (χ0n) is 12.4. The molecule has 4 heteroatoms. The Labute approximate surface area is 128 Å². The molecule has 0 aliphatic rings. The topological polar surface area (TPSA) is 55.1 Å². The van der Waals surface area contributed by atoms with Crippen molar-refractivity contribution < 1.29 is 9.90 Å². The highest BCUT2D eigenvalue weighted by atomic mass is 16.4. The van der Waals surface area contributed by atoms with Crippen molar-refractivity contribution in [2.24, 2.45) is 0 Å². The fourth-order valence-electron chi connectivity index (χ4n) is 2.37. The van der Waals surface area contributed by atoms with Crippen molar-refractivity contribution >= 4 is 5.97 Å². The van der Waals surface area contributed by atoms with Gasteiger partial charge in [-0.2, -0.15) is 0 Å². The molecule has 0 aliphatic heterocycles. The molecule has 1 N–H and O–H groups in total. The third-order valence-corrected chi connectivity index (χ3v) is 3.51. The van der Waals surface area contributed by atoms with Crippen molar-refractivity contribution in [1.82, 2.24) is 9.55 Å². The smallest absolute Gasteiger partial charge is 0.356 e. The summed E-state index contributed by atoms with van der Waals surface area (Å²) >= 11 is 0. The van der Waals surface area contributed by atoms with Crippen molar-refractivity contribution in [3.63, 3.8) is 0 Å². The summed E-state index contributed by atoms with van der Waals surface area (Å²) in [6.07, 6.45) is 1.56. The molecule has 0 aliphatic carbocycles. The van der Waals surface area contributed by atoms with E-state index in [-0.39, 0.29) is 5.69 Å². The van der Waals surface area contributed by atoms with E-state index < -0.39 is 5.97 Å². The highest BCUT2D eigenvalue weighted by Gasteiger charge is 2.15. The SMILES string of the molecule is Cc1ccc(-n2cc(C(=O)O)nc2-c2cccc(C)c2)cc1. The van der Waals surface area contributed by atoms with Gasteiger partial charge in [-0.15, -0.1) is 0 Å². The van der Waals surface area contributed by atoms with Crippen molar-refractivity contribution in [2.75, 3.05) is 0 Å². The molecule has 0 amide bonds. The van der Waals surface area contributed by atoms with Gasteiger partial charge in [0.15, 0.2) is 5.69 Å². The number of aryl methyl sites for hydroxylation is 2. The van der Waals surface area contributed by atoms with Crippen LogP contribution in [0.4, 0.5) is 0 Å². The predicted octanol–water partition coefficient (Wildman–Crippen LogP) is 3.85. The van der Waals surface area contributed by atoms with Gasteiger partial charge in [0.2, 0.25) is 0 Å². The van der Waals surface area contributed by atoms with Crippen molar-refractivity contribution in [3.05, 3.63) is 71.5 Å². The monoisotopic (exact) mass is 292 g/mol. The van der Waals surface area contributed by atoms with Crippen LogP contribution in [0.15, 0.2) is 54.7 Å². The van der Waals surface area contributed by atoms with Crippen LogP contribution in [-0.2, 0) is 0 Å². The molecular weight excluding hydrogens is 276 g/mol. The first-order valence-corrected chi connectivity index (χ1v) is 7.01. The van der Waals surface area contributed by atoms with E-state index in [2.05, 4.69) is 4.98 Å². The lowest BCUT2D eigenvalue weighted by Crippen LogP contribution is -1.96. The molecule has 0 spiro atoms. The lowest BCUT2D eigenvalue weighted by molar-refractivity contribution is 0.0691. The van der Waals surface area contributed by atoms with Crippen LogP contribution < -0.4 is 0 Å². The van der Waals surface area contributed by atoms with E-state index in [1.165, 1.54) is 0 Å². The van der Waals surface area contributed by atoms with Crippen LogP contribution in [0.5, 0.6) is 0 Å². The minimum atomic E-state index is -1.03. The highest BCUT2D eigenvalue weighted by Crippen LogP contribution is 2.24. The lowest BCUT2D eigenvalue weighted by atomic mass is 10.1. The summed E-state index contributed by atoms with van der Waals surface area (Å²) in [6.45, 7) is 4.02. The summed E-state index contributed by atoms with van der Waals surface area (Å²) in [5, 5.41) is 9.24. The quantitative estimate of drug-likeness (QED) is 0.797. The summed E-state index contributed by atoms with van der Waals surface area (Å²) in [7, 11) is 0. The zero-order chi connectivity index (χ0) is 15.7. The number of hydrogen-bond donors (Lipinski definition) is 1. The van der Waals surface area contributed by atoms with Crippen LogP contribution in [0, 0.1) is 13.8 Å². The number of nitrogens with zero attached hydrogens (tertiary/aromatic N) is 2. The minimum absolute atomic E-state index is 0.0390. The minimum Gasteiger partial charge on any atom is -0.476 e. The molecule has 0 saturated heterocycles. The van der Waals surface area contributed by atoms with Gasteiger partial charge >= 0.3 is 5.97 Å². The molecule has 0 radical (unpaired) electrons. The van der Waals surface area contributed by atoms with E-state index in [0.717, 1.165) is 22.4 Å². The number of benzene rings is 2. The molecule has 0 unspecified atom stereocenters. The van der Waals surface area contributed by atoms with Crippen LogP contribution in [0.2, 0.25) is 0 Å². The Morgan fingerprint density at radius 3 is 2.41 bits per heavy atom. The average molecular weight is 292 g/mol. The molecule has 3 rings (SSSR count). The third-order valence-electron chi connectivity index (χ3n) is 3.51. The van der Waals surface area contributed by atoms with Crippen LogP contribution >= 0.6 is 0 Å². The van der Waals surface area contributed by atoms with E-state index in [1.54, 1.807) is 6.20 Å². The maximum absolute atomic E-state index is 11.3. The van der Waals surface area contributed by atoms with Gasteiger partial charge in [-0.3, -0.25) is 4.57 Å². The Morgan fingerprint density at radius 2 is 1.77 bits per heavy atom. The van der Waals surface area contributed by atoms with Gasteiger partial charge < -0.3 is 5.11 Å². The molecule has 0 atom stereocenters. The van der Waals surface area contributed by atoms with E-state index in [4.69, 9.17) is 0 Å². The molecule has 3 aromatic rings. The largest absolute Gasteiger partial charge is 0.476 e. The molecule has 0 saturated carbocycles. The first kappa shape index (κ1) is 14.1. The van der Waals surface area contributed by atoms with Gasteiger partial charge in [0.25, 0.3) is 0 Å². The Balaban J connectivity index is 2.20. The van der Waals surface area contributed by atoms with Crippen LogP contribution in [0.1, 0.15) is 21.6 Å². The summed E-state index contributed by atoms with van der Waals surface area (Å²) in [5.74, 6) is -0.398. The van der Waals surface area contributed by atoms with E-state index in [1.807, 2.05) is 66.9 Å². The van der Waals surface area contributed by atoms with Gasteiger partial charge in [0, 0.05) is 17.4 Å². The maximum Gasteiger partial charge on any atom is 0.356 e. The van der Waals surface area contributed by atoms with E-state index >= 15 is 0 Å². The fourth-order valence-corrected chi connectivity index (χ4v) is 2.37. The van der Waals surface area contributed by atoms with Gasteiger partial charge in [0.05, 0.1) is 0 Å². The molecule has 110 valence electrons. The number of carboxylic acid groups (broad SMARTS) is 1. The number of hydrogen-bond acceptors (Lipinski definition) is 2. The second-order valence-corrected chi connectivity index (χ2v) is 5.33. The normalized spacial score (nSPS) is 10.6. The highest BCUT2D eigenvalue weighted by molar-refractivity contribution is 5.86. The van der Waals surface area contributed by atoms with Crippen LogP contribution in [0.25, 0.3) is 17.1 Å². The summed E-state index contributed by atoms with van der Waals surface area (Å²) < 4.78 is 1.82. The average Bonchev–Trinajstić information content (AvgIpc) is 2.93. The summed E-state index contributed by atoms with van der Waals surface area (Å²) in [6, 6.07) is 15.8. The molecule has 4 nitrogen and oxygen atoms in total. The summed E-state index contributed by atoms with van der Waals surface area (Å²) in [5.41, 5.74) is 4.08. The molecule has 1 aromatic heterocycles. The van der Waals surface area contributed by atoms with E-state index in [9.17, 15) is 9.90 Å². The van der Waals surface area contributed by atoms with Gasteiger partial charge in [0.1, 0.15) is 5.82 Å². The second-order valence-electron chi connectivity index (χ2n) is 5.33. The first-order valence-electron chi connectivity index (χ1n) is 7.01. The van der Waals surface area contributed by atoms with Crippen molar-refractivity contribution in [1.29, 1.82) is 0 Å². The van der Waals surface area contributed by atoms with Crippen molar-refractivity contribution in [2.45, 2.75) is 13.8 Å².